The molecule has 0 bridgehead atoms. The molecular weight excluding hydrogens is 248 g/mol. The summed E-state index contributed by atoms with van der Waals surface area (Å²) in [6, 6.07) is 10.6. The molecule has 1 amide bonds. The molecule has 1 aliphatic carbocycles. The van der Waals surface area contributed by atoms with Crippen LogP contribution in [-0.4, -0.2) is 18.5 Å². The van der Waals surface area contributed by atoms with Crippen LogP contribution >= 0.6 is 0 Å². The van der Waals surface area contributed by atoms with E-state index < -0.39 is 0 Å². The Morgan fingerprint density at radius 3 is 2.70 bits per heavy atom. The van der Waals surface area contributed by atoms with Crippen LogP contribution < -0.4 is 10.6 Å². The van der Waals surface area contributed by atoms with E-state index in [4.69, 9.17) is 0 Å². The number of rotatable bonds is 6. The Morgan fingerprint density at radius 2 is 1.95 bits per heavy atom. The monoisotopic (exact) mass is 274 g/mol. The molecule has 1 saturated carbocycles. The molecule has 0 radical (unpaired) electrons. The van der Waals surface area contributed by atoms with Gasteiger partial charge < -0.3 is 10.6 Å². The number of hydrogen-bond donors (Lipinski definition) is 2. The minimum Gasteiger partial charge on any atom is -0.351 e. The molecule has 0 saturated heterocycles. The number of nitrogens with one attached hydrogen (secondary N) is 2. The van der Waals surface area contributed by atoms with Crippen molar-refractivity contribution in [2.45, 2.75) is 51.6 Å². The van der Waals surface area contributed by atoms with Crippen LogP contribution in [0.15, 0.2) is 30.3 Å². The van der Waals surface area contributed by atoms with E-state index >= 15 is 0 Å². The van der Waals surface area contributed by atoms with Gasteiger partial charge >= 0.3 is 0 Å². The van der Waals surface area contributed by atoms with Gasteiger partial charge in [-0.2, -0.15) is 0 Å². The van der Waals surface area contributed by atoms with Gasteiger partial charge in [0.25, 0.3) is 0 Å². The van der Waals surface area contributed by atoms with Gasteiger partial charge in [0.15, 0.2) is 0 Å². The van der Waals surface area contributed by atoms with Crippen LogP contribution in [0, 0.1) is 5.92 Å². The fourth-order valence-corrected chi connectivity index (χ4v) is 3.05. The van der Waals surface area contributed by atoms with Crippen molar-refractivity contribution < 1.29 is 4.79 Å². The maximum absolute atomic E-state index is 11.9. The lowest BCUT2D eigenvalue weighted by atomic mass is 9.83. The largest absolute Gasteiger partial charge is 0.351 e. The minimum atomic E-state index is 0.0919. The van der Waals surface area contributed by atoms with Crippen LogP contribution in [-0.2, 0) is 11.3 Å². The van der Waals surface area contributed by atoms with Crippen LogP contribution in [0.4, 0.5) is 0 Å². The Hall–Kier alpha value is -1.35. The lowest BCUT2D eigenvalue weighted by molar-refractivity contribution is -0.120. The third-order valence-corrected chi connectivity index (χ3v) is 4.29. The van der Waals surface area contributed by atoms with E-state index in [1.807, 2.05) is 30.3 Å². The molecule has 1 aromatic rings. The Morgan fingerprint density at radius 1 is 1.20 bits per heavy atom. The van der Waals surface area contributed by atoms with Crippen molar-refractivity contribution in [3.8, 4) is 0 Å². The molecule has 2 atom stereocenters. The van der Waals surface area contributed by atoms with E-state index in [1.54, 1.807) is 0 Å². The van der Waals surface area contributed by atoms with E-state index in [-0.39, 0.29) is 5.91 Å². The average molecular weight is 274 g/mol. The van der Waals surface area contributed by atoms with E-state index in [0.29, 0.717) is 19.1 Å². The highest BCUT2D eigenvalue weighted by molar-refractivity contribution is 5.78. The van der Waals surface area contributed by atoms with Crippen molar-refractivity contribution in [1.82, 2.24) is 10.6 Å². The third kappa shape index (κ3) is 4.64. The highest BCUT2D eigenvalue weighted by Gasteiger charge is 2.23. The highest BCUT2D eigenvalue weighted by Crippen LogP contribution is 2.26. The van der Waals surface area contributed by atoms with Crippen LogP contribution in [0.5, 0.6) is 0 Å². The first-order chi connectivity index (χ1) is 9.79. The second kappa shape index (κ2) is 8.05. The summed E-state index contributed by atoms with van der Waals surface area (Å²) in [7, 11) is 0. The molecule has 1 fully saturated rings. The highest BCUT2D eigenvalue weighted by atomic mass is 16.1. The minimum absolute atomic E-state index is 0.0919. The second-order valence-corrected chi connectivity index (χ2v) is 5.70. The van der Waals surface area contributed by atoms with Gasteiger partial charge in [0.1, 0.15) is 0 Å². The molecular formula is C17H26N2O. The molecule has 3 heteroatoms. The zero-order valence-corrected chi connectivity index (χ0v) is 12.4. The average Bonchev–Trinajstić information content (AvgIpc) is 2.52. The zero-order valence-electron chi connectivity index (χ0n) is 12.4. The maximum Gasteiger partial charge on any atom is 0.234 e. The van der Waals surface area contributed by atoms with Gasteiger partial charge in [0.2, 0.25) is 5.91 Å². The molecule has 2 rings (SSSR count). The molecule has 20 heavy (non-hydrogen) atoms. The normalized spacial score (nSPS) is 22.4. The summed E-state index contributed by atoms with van der Waals surface area (Å²) in [4.78, 5) is 11.9. The summed E-state index contributed by atoms with van der Waals surface area (Å²) in [6.07, 6.45) is 6.37. The fraction of sp³-hybridized carbons (Fsp3) is 0.588. The van der Waals surface area contributed by atoms with Gasteiger partial charge in [-0.3, -0.25) is 4.79 Å². The number of benzene rings is 1. The molecule has 1 aliphatic rings. The Bertz CT molecular complexity index is 405. The summed E-state index contributed by atoms with van der Waals surface area (Å²) in [5.74, 6) is 0.833. The van der Waals surface area contributed by atoms with Crippen molar-refractivity contribution in [1.29, 1.82) is 0 Å². The van der Waals surface area contributed by atoms with Crippen LogP contribution in [0.3, 0.4) is 0 Å². The van der Waals surface area contributed by atoms with E-state index in [0.717, 1.165) is 11.5 Å². The van der Waals surface area contributed by atoms with Gasteiger partial charge in [-0.1, -0.05) is 56.5 Å². The maximum atomic E-state index is 11.9. The predicted molar refractivity (Wildman–Crippen MR) is 82.3 cm³/mol. The number of carbonyl (C=O) groups excluding carboxylic acids is 1. The lowest BCUT2D eigenvalue weighted by Gasteiger charge is -2.31. The zero-order chi connectivity index (χ0) is 14.2. The summed E-state index contributed by atoms with van der Waals surface area (Å²) in [6.45, 7) is 3.30. The third-order valence-electron chi connectivity index (χ3n) is 4.29. The SMILES string of the molecule is CCC1CCCCC1NCC(=O)NCc1ccccc1. The molecule has 2 unspecified atom stereocenters. The molecule has 0 aliphatic heterocycles. The van der Waals surface area contributed by atoms with E-state index in [1.165, 1.54) is 32.1 Å². The predicted octanol–water partition coefficient (Wildman–Crippen LogP) is 2.86. The van der Waals surface area contributed by atoms with Gasteiger partial charge in [0, 0.05) is 12.6 Å². The van der Waals surface area contributed by atoms with E-state index in [2.05, 4.69) is 17.6 Å². The van der Waals surface area contributed by atoms with Crippen molar-refractivity contribution in [3.63, 3.8) is 0 Å². The first-order valence-electron chi connectivity index (χ1n) is 7.83. The molecule has 1 aromatic carbocycles. The summed E-state index contributed by atoms with van der Waals surface area (Å²) in [5.41, 5.74) is 1.14. The molecule has 0 spiro atoms. The van der Waals surface area contributed by atoms with Crippen molar-refractivity contribution in [3.05, 3.63) is 35.9 Å². The van der Waals surface area contributed by atoms with Crippen LogP contribution in [0.1, 0.15) is 44.6 Å². The first kappa shape index (κ1) is 15.0. The Balaban J connectivity index is 1.69. The van der Waals surface area contributed by atoms with Gasteiger partial charge in [-0.05, 0) is 24.3 Å². The number of amides is 1. The molecule has 0 aromatic heterocycles. The van der Waals surface area contributed by atoms with Gasteiger partial charge in [-0.15, -0.1) is 0 Å². The fourth-order valence-electron chi connectivity index (χ4n) is 3.05. The summed E-state index contributed by atoms with van der Waals surface area (Å²) in [5, 5.41) is 6.42. The van der Waals surface area contributed by atoms with E-state index in [9.17, 15) is 4.79 Å². The first-order valence-corrected chi connectivity index (χ1v) is 7.83. The quantitative estimate of drug-likeness (QED) is 0.837. The van der Waals surface area contributed by atoms with Gasteiger partial charge in [0.05, 0.1) is 6.54 Å². The molecule has 3 nitrogen and oxygen atoms in total. The molecule has 110 valence electrons. The smallest absolute Gasteiger partial charge is 0.234 e. The van der Waals surface area contributed by atoms with Crippen LogP contribution in [0.2, 0.25) is 0 Å². The van der Waals surface area contributed by atoms with Gasteiger partial charge in [-0.25, -0.2) is 0 Å². The van der Waals surface area contributed by atoms with Crippen LogP contribution in [0.25, 0.3) is 0 Å². The standard InChI is InChI=1S/C17H26N2O/c1-2-15-10-6-7-11-16(15)18-13-17(20)19-12-14-8-4-3-5-9-14/h3-5,8-9,15-16,18H,2,6-7,10-13H2,1H3,(H,19,20). The second-order valence-electron chi connectivity index (χ2n) is 5.70. The molecule has 2 N–H and O–H groups in total. The number of hydrogen-bond acceptors (Lipinski definition) is 2. The molecule has 0 heterocycles. The topological polar surface area (TPSA) is 41.1 Å². The summed E-state index contributed by atoms with van der Waals surface area (Å²) >= 11 is 0. The lowest BCUT2D eigenvalue weighted by Crippen LogP contribution is -2.43. The number of carbonyl (C=O) groups is 1. The summed E-state index contributed by atoms with van der Waals surface area (Å²) < 4.78 is 0. The Labute approximate surface area is 122 Å². The van der Waals surface area contributed by atoms with Crippen molar-refractivity contribution in [2.24, 2.45) is 5.92 Å². The Kier molecular flexibility index (Phi) is 6.06. The van der Waals surface area contributed by atoms with Crippen molar-refractivity contribution in [2.75, 3.05) is 6.54 Å². The van der Waals surface area contributed by atoms with Crippen molar-refractivity contribution >= 4 is 5.91 Å².